The first kappa shape index (κ1) is 13.2. The molecule has 2 aliphatic heterocycles. The van der Waals surface area contributed by atoms with Crippen LogP contribution in [-0.4, -0.2) is 31.4 Å². The van der Waals surface area contributed by atoms with Gasteiger partial charge in [-0.3, -0.25) is 0 Å². The summed E-state index contributed by atoms with van der Waals surface area (Å²) in [6, 6.07) is 1.85. The van der Waals surface area contributed by atoms with Gasteiger partial charge in [0, 0.05) is 11.1 Å². The van der Waals surface area contributed by atoms with Crippen molar-refractivity contribution in [1.29, 1.82) is 0 Å². The Balaban J connectivity index is 1.87. The summed E-state index contributed by atoms with van der Waals surface area (Å²) >= 11 is 0. The lowest BCUT2D eigenvalue weighted by Crippen LogP contribution is -2.13. The summed E-state index contributed by atoms with van der Waals surface area (Å²) in [6.45, 7) is 6.70. The maximum atomic E-state index is 11.7. The molecule has 0 bridgehead atoms. The summed E-state index contributed by atoms with van der Waals surface area (Å²) in [5.41, 5.74) is 2.03. The van der Waals surface area contributed by atoms with E-state index in [1.807, 2.05) is 26.8 Å². The van der Waals surface area contributed by atoms with Gasteiger partial charge in [0.1, 0.15) is 36.4 Å². The summed E-state index contributed by atoms with van der Waals surface area (Å²) in [7, 11) is 1.55. The second-order valence-corrected chi connectivity index (χ2v) is 5.66. The molecule has 0 aliphatic carbocycles. The van der Waals surface area contributed by atoms with E-state index in [4.69, 9.17) is 18.9 Å². The van der Waals surface area contributed by atoms with Crippen LogP contribution in [0.1, 0.15) is 35.3 Å². The van der Waals surface area contributed by atoms with Crippen LogP contribution in [0.15, 0.2) is 6.07 Å². The fraction of sp³-hybridized carbons (Fsp3) is 0.533. The quantitative estimate of drug-likeness (QED) is 0.624. The number of hydrogen-bond acceptors (Lipinski definition) is 5. The molecule has 5 heteroatoms. The molecule has 1 aromatic rings. The average Bonchev–Trinajstić information content (AvgIpc) is 2.85. The fourth-order valence-corrected chi connectivity index (χ4v) is 2.47. The topological polar surface area (TPSA) is 57.3 Å². The number of methoxy groups -OCH3 is 1. The third-order valence-corrected chi connectivity index (χ3v) is 3.89. The molecule has 1 saturated heterocycles. The van der Waals surface area contributed by atoms with E-state index in [2.05, 4.69) is 0 Å². The molecular weight excluding hydrogens is 260 g/mol. The van der Waals surface area contributed by atoms with Gasteiger partial charge in [-0.15, -0.1) is 0 Å². The number of esters is 1. The molecule has 1 unspecified atom stereocenters. The molecule has 108 valence electrons. The molecule has 0 spiro atoms. The van der Waals surface area contributed by atoms with Crippen molar-refractivity contribution >= 4 is 5.97 Å². The van der Waals surface area contributed by atoms with E-state index in [0.29, 0.717) is 23.7 Å². The minimum Gasteiger partial charge on any atom is -0.495 e. The molecule has 1 atom stereocenters. The molecule has 0 N–H and O–H groups in total. The molecule has 0 radical (unpaired) electrons. The largest absolute Gasteiger partial charge is 0.495 e. The number of hydrogen-bond donors (Lipinski definition) is 0. The third-order valence-electron chi connectivity index (χ3n) is 3.89. The van der Waals surface area contributed by atoms with Crippen molar-refractivity contribution in [1.82, 2.24) is 0 Å². The summed E-state index contributed by atoms with van der Waals surface area (Å²) in [4.78, 5) is 11.7. The van der Waals surface area contributed by atoms with Gasteiger partial charge in [0.15, 0.2) is 0 Å². The van der Waals surface area contributed by atoms with Crippen LogP contribution in [-0.2, 0) is 16.1 Å². The molecule has 1 aromatic carbocycles. The van der Waals surface area contributed by atoms with Crippen LogP contribution >= 0.6 is 0 Å². The van der Waals surface area contributed by atoms with E-state index in [1.165, 1.54) is 0 Å². The van der Waals surface area contributed by atoms with E-state index < -0.39 is 0 Å². The Labute approximate surface area is 117 Å². The average molecular weight is 278 g/mol. The zero-order valence-corrected chi connectivity index (χ0v) is 12.1. The van der Waals surface area contributed by atoms with Crippen LogP contribution in [0.4, 0.5) is 0 Å². The minimum absolute atomic E-state index is 0.103. The minimum atomic E-state index is -0.335. The molecule has 20 heavy (non-hydrogen) atoms. The summed E-state index contributed by atoms with van der Waals surface area (Å²) in [6.07, 6.45) is 0.110. The van der Waals surface area contributed by atoms with Gasteiger partial charge in [-0.2, -0.15) is 0 Å². The van der Waals surface area contributed by atoms with Crippen LogP contribution in [0.3, 0.4) is 0 Å². The summed E-state index contributed by atoms with van der Waals surface area (Å²) in [5.74, 6) is 0.916. The van der Waals surface area contributed by atoms with Gasteiger partial charge in [-0.25, -0.2) is 4.79 Å². The number of benzene rings is 1. The number of fused-ring (bicyclic) bond motifs is 1. The molecule has 0 saturated carbocycles. The van der Waals surface area contributed by atoms with Crippen molar-refractivity contribution in [2.45, 2.75) is 39.1 Å². The number of carbonyl (C=O) groups excluding carboxylic acids is 1. The van der Waals surface area contributed by atoms with Crippen LogP contribution < -0.4 is 9.47 Å². The SMILES string of the molecule is COc1c(C)c(OCC2OC2(C)C)cc2c1C(=O)OC2. The Bertz CT molecular complexity index is 576. The van der Waals surface area contributed by atoms with E-state index in [1.54, 1.807) is 7.11 Å². The number of ether oxygens (including phenoxy) is 4. The lowest BCUT2D eigenvalue weighted by atomic mass is 10.0. The van der Waals surface area contributed by atoms with Gasteiger partial charge in [0.05, 0.1) is 12.7 Å². The Morgan fingerprint density at radius 1 is 1.45 bits per heavy atom. The Hall–Kier alpha value is -1.75. The number of rotatable bonds is 4. The van der Waals surface area contributed by atoms with Crippen molar-refractivity contribution in [3.8, 4) is 11.5 Å². The second-order valence-electron chi connectivity index (χ2n) is 5.66. The molecule has 0 aromatic heterocycles. The summed E-state index contributed by atoms with van der Waals surface area (Å²) < 4.78 is 21.7. The number of carbonyl (C=O) groups is 1. The second kappa shape index (κ2) is 4.38. The van der Waals surface area contributed by atoms with Crippen LogP contribution in [0, 0.1) is 6.92 Å². The predicted molar refractivity (Wildman–Crippen MR) is 71.3 cm³/mol. The van der Waals surface area contributed by atoms with Crippen LogP contribution in [0.5, 0.6) is 11.5 Å². The fourth-order valence-electron chi connectivity index (χ4n) is 2.47. The van der Waals surface area contributed by atoms with Gasteiger partial charge in [-0.05, 0) is 26.8 Å². The van der Waals surface area contributed by atoms with Gasteiger partial charge < -0.3 is 18.9 Å². The smallest absolute Gasteiger partial charge is 0.342 e. The highest BCUT2D eigenvalue weighted by Gasteiger charge is 2.48. The number of epoxide rings is 1. The lowest BCUT2D eigenvalue weighted by molar-refractivity contribution is 0.0532. The highest BCUT2D eigenvalue weighted by atomic mass is 16.6. The highest BCUT2D eigenvalue weighted by molar-refractivity contribution is 5.97. The first-order valence-corrected chi connectivity index (χ1v) is 6.62. The molecule has 2 heterocycles. The molecule has 2 aliphatic rings. The normalized spacial score (nSPS) is 22.2. The van der Waals surface area contributed by atoms with Crippen LogP contribution in [0.25, 0.3) is 0 Å². The van der Waals surface area contributed by atoms with Gasteiger partial charge in [0.25, 0.3) is 0 Å². The Morgan fingerprint density at radius 2 is 2.15 bits per heavy atom. The van der Waals surface area contributed by atoms with Crippen molar-refractivity contribution in [3.63, 3.8) is 0 Å². The van der Waals surface area contributed by atoms with Crippen molar-refractivity contribution in [2.24, 2.45) is 0 Å². The zero-order valence-electron chi connectivity index (χ0n) is 12.1. The molecular formula is C15H18O5. The summed E-state index contributed by atoms with van der Waals surface area (Å²) in [5, 5.41) is 0. The molecule has 1 fully saturated rings. The van der Waals surface area contributed by atoms with Gasteiger partial charge >= 0.3 is 5.97 Å². The van der Waals surface area contributed by atoms with E-state index in [9.17, 15) is 4.79 Å². The van der Waals surface area contributed by atoms with Gasteiger partial charge in [0.2, 0.25) is 0 Å². The highest BCUT2D eigenvalue weighted by Crippen LogP contribution is 2.40. The molecule has 3 rings (SSSR count). The first-order chi connectivity index (χ1) is 9.44. The Morgan fingerprint density at radius 3 is 2.75 bits per heavy atom. The van der Waals surface area contributed by atoms with Crippen molar-refractivity contribution < 1.29 is 23.7 Å². The first-order valence-electron chi connectivity index (χ1n) is 6.62. The zero-order chi connectivity index (χ0) is 14.5. The maximum Gasteiger partial charge on any atom is 0.342 e. The van der Waals surface area contributed by atoms with Crippen molar-refractivity contribution in [3.05, 3.63) is 22.8 Å². The standard InChI is InChI=1S/C15H18O5/c1-8-10(18-7-11-15(2,3)20-11)5-9-6-19-14(16)12(9)13(8)17-4/h5,11H,6-7H2,1-4H3. The Kier molecular flexibility index (Phi) is 2.90. The van der Waals surface area contributed by atoms with E-state index >= 15 is 0 Å². The van der Waals surface area contributed by atoms with Crippen LogP contribution in [0.2, 0.25) is 0 Å². The number of cyclic esters (lactones) is 1. The third kappa shape index (κ3) is 2.02. The monoisotopic (exact) mass is 278 g/mol. The molecule has 0 amide bonds. The maximum absolute atomic E-state index is 11.7. The van der Waals surface area contributed by atoms with E-state index in [-0.39, 0.29) is 24.3 Å². The van der Waals surface area contributed by atoms with Crippen molar-refractivity contribution in [2.75, 3.05) is 13.7 Å². The lowest BCUT2D eigenvalue weighted by Gasteiger charge is -2.14. The molecule has 5 nitrogen and oxygen atoms in total. The van der Waals surface area contributed by atoms with Gasteiger partial charge in [-0.1, -0.05) is 0 Å². The predicted octanol–water partition coefficient (Wildman–Crippen LogP) is 2.23. The van der Waals surface area contributed by atoms with E-state index in [0.717, 1.165) is 11.1 Å².